The summed E-state index contributed by atoms with van der Waals surface area (Å²) in [5, 5.41) is 15.4. The number of hydrogen-bond acceptors (Lipinski definition) is 2. The zero-order valence-corrected chi connectivity index (χ0v) is 43.2. The molecule has 0 atom stereocenters. The fraction of sp³-hybridized carbons (Fsp3) is 0.0423. The molecule has 6 heterocycles. The molecule has 0 radical (unpaired) electrons. The number of thioether (sulfide) groups is 2. The lowest BCUT2D eigenvalue weighted by molar-refractivity contribution is 0.775. The van der Waals surface area contributed by atoms with E-state index in [1.54, 1.807) is 0 Å². The van der Waals surface area contributed by atoms with Crippen molar-refractivity contribution in [3.8, 4) is 22.7 Å². The molecule has 0 saturated carbocycles. The van der Waals surface area contributed by atoms with Gasteiger partial charge < -0.3 is 18.3 Å². The van der Waals surface area contributed by atoms with Crippen molar-refractivity contribution in [2.75, 3.05) is 0 Å². The van der Waals surface area contributed by atoms with Crippen molar-refractivity contribution < 1.29 is 0 Å². The third-order valence-electron chi connectivity index (χ3n) is 17.0. The maximum absolute atomic E-state index is 2.56. The summed E-state index contributed by atoms with van der Waals surface area (Å²) in [4.78, 5) is 2.67. The Labute approximate surface area is 451 Å². The molecule has 12 aromatic carbocycles. The normalized spacial score (nSPS) is 14.1. The van der Waals surface area contributed by atoms with Crippen LogP contribution in [0.2, 0.25) is 0 Å². The molecule has 1 spiro atoms. The van der Waals surface area contributed by atoms with Crippen molar-refractivity contribution in [3.05, 3.63) is 254 Å². The first kappa shape index (κ1) is 42.3. The molecule has 0 unspecified atom stereocenters. The third kappa shape index (κ3) is 5.81. The van der Waals surface area contributed by atoms with E-state index < -0.39 is 0 Å². The van der Waals surface area contributed by atoms with Crippen LogP contribution in [0.5, 0.6) is 0 Å². The Bertz CT molecular complexity index is 4720. The second-order valence-electron chi connectivity index (χ2n) is 21.2. The van der Waals surface area contributed by atoms with E-state index in [4.69, 9.17) is 0 Å². The summed E-state index contributed by atoms with van der Waals surface area (Å²) in [6.07, 6.45) is 1.74. The van der Waals surface area contributed by atoms with Gasteiger partial charge in [-0.2, -0.15) is 0 Å². The number of fused-ring (bicyclic) bond motifs is 12. The van der Waals surface area contributed by atoms with E-state index in [-0.39, 0.29) is 4.08 Å². The van der Waals surface area contributed by atoms with E-state index >= 15 is 0 Å². The van der Waals surface area contributed by atoms with Crippen molar-refractivity contribution in [1.29, 1.82) is 0 Å². The molecule has 0 saturated heterocycles. The SMILES string of the molecule is c1ccc2c(c1)c1ccccc1n2-c1cc2c3c(c(-n4c5ccccc5c5ccccc54)ccc3c1)SC1(C2)Cc2cc(-n3c4ccccc4c4ccccc43)cc3ccc(-n4c5ccccc5c5ccccc54)c(c23)S1. The summed E-state index contributed by atoms with van der Waals surface area (Å²) < 4.78 is 9.79. The summed E-state index contributed by atoms with van der Waals surface area (Å²) in [5.41, 5.74) is 17.4. The minimum Gasteiger partial charge on any atom is -0.309 e. The Morgan fingerprint density at radius 3 is 0.818 bits per heavy atom. The molecule has 4 nitrogen and oxygen atoms in total. The molecule has 16 aromatic rings. The van der Waals surface area contributed by atoms with Crippen molar-refractivity contribution in [2.45, 2.75) is 26.7 Å². The van der Waals surface area contributed by atoms with Gasteiger partial charge in [-0.3, -0.25) is 0 Å². The van der Waals surface area contributed by atoms with E-state index in [0.717, 1.165) is 12.8 Å². The van der Waals surface area contributed by atoms with Crippen LogP contribution in [-0.4, -0.2) is 22.3 Å². The third-order valence-corrected chi connectivity index (χ3v) is 20.1. The zero-order valence-electron chi connectivity index (χ0n) is 41.6. The molecule has 0 amide bonds. The number of para-hydroxylation sites is 8. The molecule has 4 aromatic heterocycles. The van der Waals surface area contributed by atoms with Gasteiger partial charge in [0.15, 0.2) is 0 Å². The highest BCUT2D eigenvalue weighted by Gasteiger charge is 2.44. The Morgan fingerprint density at radius 1 is 0.273 bits per heavy atom. The first-order valence-corrected chi connectivity index (χ1v) is 28.3. The van der Waals surface area contributed by atoms with Crippen LogP contribution in [0, 0.1) is 0 Å². The number of hydrogen-bond donors (Lipinski definition) is 0. The molecule has 0 aliphatic carbocycles. The van der Waals surface area contributed by atoms with Crippen LogP contribution in [0.4, 0.5) is 0 Å². The lowest BCUT2D eigenvalue weighted by atomic mass is 9.92. The van der Waals surface area contributed by atoms with Crippen LogP contribution < -0.4 is 0 Å². The Kier molecular flexibility index (Phi) is 8.56. The van der Waals surface area contributed by atoms with Crippen LogP contribution in [0.15, 0.2) is 252 Å². The minimum atomic E-state index is -0.345. The highest BCUT2D eigenvalue weighted by Crippen LogP contribution is 2.62. The van der Waals surface area contributed by atoms with Crippen LogP contribution in [-0.2, 0) is 12.8 Å². The van der Waals surface area contributed by atoms with E-state index in [1.165, 1.54) is 152 Å². The zero-order chi connectivity index (χ0) is 50.1. The van der Waals surface area contributed by atoms with Gasteiger partial charge in [0.05, 0.1) is 59.6 Å². The van der Waals surface area contributed by atoms with Gasteiger partial charge in [-0.25, -0.2) is 0 Å². The first-order chi connectivity index (χ1) is 38.1. The molecule has 360 valence electrons. The number of nitrogens with zero attached hydrogens (tertiary/aromatic N) is 4. The van der Waals surface area contributed by atoms with Crippen LogP contribution in [0.25, 0.3) is 132 Å². The quantitative estimate of drug-likeness (QED) is 0.175. The average Bonchev–Trinajstić information content (AvgIpc) is 4.23. The van der Waals surface area contributed by atoms with E-state index in [0.29, 0.717) is 0 Å². The summed E-state index contributed by atoms with van der Waals surface area (Å²) in [5.74, 6) is 0. The standard InChI is InChI=1S/C71H44N4S2/c1-9-25-57-49(17-1)50-18-2-10-26-58(50)72(57)47-37-43-33-35-65(74-61-29-13-5-21-53(61)54-22-6-14-30-62(54)74)69-67(43)45(39-47)41-71(76-69)42-46-40-48(73-59-27-11-3-19-51(59)52-20-4-12-28-60(52)73)38-44-34-36-66(70(77-71)68(44)46)75-63-31-15-7-23-55(63)56-24-8-16-32-64(56)75/h1-40H,41-42H2. The van der Waals surface area contributed by atoms with Gasteiger partial charge in [-0.05, 0) is 120 Å². The summed E-state index contributed by atoms with van der Waals surface area (Å²) in [6, 6.07) is 91.3. The van der Waals surface area contributed by atoms with Gasteiger partial charge in [0.2, 0.25) is 0 Å². The summed E-state index contributed by atoms with van der Waals surface area (Å²) >= 11 is 4.22. The molecule has 6 heteroatoms. The smallest absolute Gasteiger partial charge is 0.0787 e. The average molecular weight is 1020 g/mol. The summed E-state index contributed by atoms with van der Waals surface area (Å²) in [6.45, 7) is 0. The van der Waals surface area contributed by atoms with Crippen LogP contribution in [0.1, 0.15) is 11.1 Å². The number of rotatable bonds is 4. The van der Waals surface area contributed by atoms with E-state index in [1.807, 2.05) is 0 Å². The van der Waals surface area contributed by atoms with Crippen molar-refractivity contribution >= 4 is 132 Å². The first-order valence-electron chi connectivity index (χ1n) is 26.7. The molecule has 0 N–H and O–H groups in total. The van der Waals surface area contributed by atoms with Crippen LogP contribution >= 0.6 is 23.5 Å². The largest absolute Gasteiger partial charge is 0.309 e. The van der Waals surface area contributed by atoms with E-state index in [9.17, 15) is 0 Å². The monoisotopic (exact) mass is 1020 g/mol. The van der Waals surface area contributed by atoms with Gasteiger partial charge in [-0.15, -0.1) is 23.5 Å². The Morgan fingerprint density at radius 2 is 0.532 bits per heavy atom. The molecule has 77 heavy (non-hydrogen) atoms. The molecule has 0 fully saturated rings. The second-order valence-corrected chi connectivity index (χ2v) is 24.2. The number of aromatic nitrogens is 4. The van der Waals surface area contributed by atoms with Gasteiger partial charge in [0, 0.05) is 75.0 Å². The van der Waals surface area contributed by atoms with Gasteiger partial charge in [0.1, 0.15) is 0 Å². The highest BCUT2D eigenvalue weighted by atomic mass is 32.2. The van der Waals surface area contributed by atoms with Crippen molar-refractivity contribution in [2.24, 2.45) is 0 Å². The molecular weight excluding hydrogens is 973 g/mol. The van der Waals surface area contributed by atoms with Crippen molar-refractivity contribution in [3.63, 3.8) is 0 Å². The highest BCUT2D eigenvalue weighted by molar-refractivity contribution is 8.18. The maximum Gasteiger partial charge on any atom is 0.0787 e. The summed E-state index contributed by atoms with van der Waals surface area (Å²) in [7, 11) is 0. The fourth-order valence-corrected chi connectivity index (χ4v) is 17.6. The predicted molar refractivity (Wildman–Crippen MR) is 327 cm³/mol. The van der Waals surface area contributed by atoms with Gasteiger partial charge in [-0.1, -0.05) is 158 Å². The molecule has 2 aliphatic heterocycles. The molecule has 2 aliphatic rings. The van der Waals surface area contributed by atoms with Gasteiger partial charge in [0.25, 0.3) is 0 Å². The Balaban J connectivity index is 0.934. The second kappa shape index (κ2) is 15.6. The fourth-order valence-electron chi connectivity index (χ4n) is 14.0. The lowest BCUT2D eigenvalue weighted by Crippen LogP contribution is -2.32. The maximum atomic E-state index is 2.56. The molecule has 18 rings (SSSR count). The van der Waals surface area contributed by atoms with Crippen LogP contribution in [0.3, 0.4) is 0 Å². The molecular formula is C71H44N4S2. The lowest BCUT2D eigenvalue weighted by Gasteiger charge is -2.42. The minimum absolute atomic E-state index is 0.345. The van der Waals surface area contributed by atoms with Crippen molar-refractivity contribution in [1.82, 2.24) is 18.3 Å². The topological polar surface area (TPSA) is 19.7 Å². The predicted octanol–water partition coefficient (Wildman–Crippen LogP) is 19.1. The van der Waals surface area contributed by atoms with Gasteiger partial charge >= 0.3 is 0 Å². The number of benzene rings is 12. The molecule has 0 bridgehead atoms. The Hall–Kier alpha value is -8.94. The van der Waals surface area contributed by atoms with E-state index in [2.05, 4.69) is 284 Å².